The van der Waals surface area contributed by atoms with E-state index in [1.807, 2.05) is 11.1 Å². The zero-order chi connectivity index (χ0) is 15.4. The molecule has 1 aromatic carbocycles. The lowest BCUT2D eigenvalue weighted by Gasteiger charge is -2.27. The van der Waals surface area contributed by atoms with E-state index >= 15 is 0 Å². The van der Waals surface area contributed by atoms with Gasteiger partial charge in [-0.25, -0.2) is 0 Å². The fourth-order valence-electron chi connectivity index (χ4n) is 2.29. The van der Waals surface area contributed by atoms with Gasteiger partial charge in [0, 0.05) is 25.7 Å². The summed E-state index contributed by atoms with van der Waals surface area (Å²) in [5.41, 5.74) is 1.45. The second-order valence-electron chi connectivity index (χ2n) is 5.56. The molecule has 0 amide bonds. The van der Waals surface area contributed by atoms with Crippen LogP contribution in [0.2, 0.25) is 0 Å². The second-order valence-corrected chi connectivity index (χ2v) is 5.56. The highest BCUT2D eigenvalue weighted by Crippen LogP contribution is 2.27. The van der Waals surface area contributed by atoms with E-state index in [9.17, 15) is 10.1 Å². The average Bonchev–Trinajstić information content (AvgIpc) is 2.46. The largest absolute Gasteiger partial charge is 0.372 e. The number of nitrogens with one attached hydrogen (secondary N) is 1. The normalized spacial score (nSPS) is 16.4. The topological polar surface area (TPSA) is 66.4 Å². The lowest BCUT2D eigenvalue weighted by molar-refractivity contribution is -0.884. The van der Waals surface area contributed by atoms with Gasteiger partial charge in [-0.1, -0.05) is 6.07 Å². The van der Waals surface area contributed by atoms with Crippen LogP contribution >= 0.6 is 0 Å². The zero-order valence-electron chi connectivity index (χ0n) is 12.7. The van der Waals surface area contributed by atoms with Gasteiger partial charge in [0.05, 0.1) is 44.4 Å². The number of rotatable bonds is 4. The number of nitro benzene ring substituents is 1. The molecule has 1 heterocycles. The first-order valence-corrected chi connectivity index (χ1v) is 7.03. The maximum absolute atomic E-state index is 11.1. The third-order valence-corrected chi connectivity index (χ3v) is 3.64. The third kappa shape index (κ3) is 3.91. The molecule has 0 spiro atoms. The van der Waals surface area contributed by atoms with Crippen molar-refractivity contribution in [1.82, 2.24) is 5.01 Å². The number of quaternary nitrogens is 1. The highest BCUT2D eigenvalue weighted by atomic mass is 16.6. The van der Waals surface area contributed by atoms with Crippen molar-refractivity contribution in [3.8, 4) is 0 Å². The van der Waals surface area contributed by atoms with Gasteiger partial charge in [-0.3, -0.25) is 15.1 Å². The first-order chi connectivity index (χ1) is 9.97. The number of likely N-dealkylation sites (N-methyl/N-ethyl adjacent to an activating group) is 1. The van der Waals surface area contributed by atoms with Crippen LogP contribution in [0.1, 0.15) is 5.56 Å². The molecule has 114 valence electrons. The molecule has 1 aliphatic rings. The molecule has 1 saturated heterocycles. The predicted octanol–water partition coefficient (Wildman–Crippen LogP) is -0.175. The van der Waals surface area contributed by atoms with Gasteiger partial charge in [0.25, 0.3) is 5.69 Å². The minimum atomic E-state index is -0.355. The first kappa shape index (κ1) is 15.2. The average molecular weight is 292 g/mol. The highest BCUT2D eigenvalue weighted by Gasteiger charge is 2.16. The minimum Gasteiger partial charge on any atom is -0.372 e. The van der Waals surface area contributed by atoms with Gasteiger partial charge in [-0.15, -0.1) is 0 Å². The molecule has 0 radical (unpaired) electrons. The maximum Gasteiger partial charge on any atom is 0.293 e. The molecule has 1 aliphatic heterocycles. The van der Waals surface area contributed by atoms with Crippen LogP contribution in [-0.2, 0) is 0 Å². The molecular weight excluding hydrogens is 270 g/mol. The first-order valence-electron chi connectivity index (χ1n) is 7.03. The molecule has 2 rings (SSSR count). The molecule has 0 unspecified atom stereocenters. The second kappa shape index (κ2) is 6.53. The fourth-order valence-corrected chi connectivity index (χ4v) is 2.29. The van der Waals surface area contributed by atoms with Crippen LogP contribution in [-0.4, -0.2) is 63.5 Å². The number of anilines is 1. The lowest BCUT2D eigenvalue weighted by atomic mass is 10.2. The Morgan fingerprint density at radius 1 is 1.38 bits per heavy atom. The Labute approximate surface area is 124 Å². The van der Waals surface area contributed by atoms with Gasteiger partial charge in [-0.2, -0.15) is 5.10 Å². The molecule has 1 N–H and O–H groups in total. The Bertz CT molecular complexity index is 536. The zero-order valence-corrected chi connectivity index (χ0v) is 12.7. The number of nitro groups is 1. The van der Waals surface area contributed by atoms with Gasteiger partial charge < -0.3 is 9.80 Å². The Morgan fingerprint density at radius 3 is 2.62 bits per heavy atom. The molecular formula is C14H22N5O2+. The molecule has 0 bridgehead atoms. The fraction of sp³-hybridized carbons (Fsp3) is 0.500. The van der Waals surface area contributed by atoms with E-state index in [2.05, 4.69) is 12.1 Å². The standard InChI is InChI=1S/C14H21N5O2/c1-16(2)13-5-4-12(10-14(13)19(20)21)11-15-18-8-6-17(3)7-9-18/h4-5,10-11H,6-9H2,1-3H3/p+1/b15-11-. The summed E-state index contributed by atoms with van der Waals surface area (Å²) < 4.78 is 0. The lowest BCUT2D eigenvalue weighted by Crippen LogP contribution is -3.11. The van der Waals surface area contributed by atoms with E-state index in [0.717, 1.165) is 31.7 Å². The Balaban J connectivity index is 2.13. The Kier molecular flexibility index (Phi) is 4.74. The van der Waals surface area contributed by atoms with Crippen LogP contribution in [0.3, 0.4) is 0 Å². The smallest absolute Gasteiger partial charge is 0.293 e. The van der Waals surface area contributed by atoms with E-state index in [1.54, 1.807) is 37.3 Å². The van der Waals surface area contributed by atoms with Crippen LogP contribution in [0.15, 0.2) is 23.3 Å². The van der Waals surface area contributed by atoms with Crippen LogP contribution in [0.25, 0.3) is 0 Å². The minimum absolute atomic E-state index is 0.103. The van der Waals surface area contributed by atoms with Crippen molar-refractivity contribution < 1.29 is 9.82 Å². The molecule has 0 saturated carbocycles. The van der Waals surface area contributed by atoms with E-state index < -0.39 is 0 Å². The van der Waals surface area contributed by atoms with Gasteiger partial charge in [-0.05, 0) is 6.07 Å². The highest BCUT2D eigenvalue weighted by molar-refractivity contribution is 5.83. The summed E-state index contributed by atoms with van der Waals surface area (Å²) in [6, 6.07) is 5.18. The number of hydrogen-bond donors (Lipinski definition) is 1. The number of hydrazone groups is 1. The van der Waals surface area contributed by atoms with Crippen molar-refractivity contribution in [3.05, 3.63) is 33.9 Å². The van der Waals surface area contributed by atoms with E-state index in [-0.39, 0.29) is 10.6 Å². The molecule has 0 aromatic heterocycles. The molecule has 7 nitrogen and oxygen atoms in total. The monoisotopic (exact) mass is 292 g/mol. The predicted molar refractivity (Wildman–Crippen MR) is 83.2 cm³/mol. The number of benzene rings is 1. The summed E-state index contributed by atoms with van der Waals surface area (Å²) in [4.78, 5) is 14.0. The van der Waals surface area contributed by atoms with Crippen LogP contribution in [0.5, 0.6) is 0 Å². The number of hydrogen-bond acceptors (Lipinski definition) is 5. The van der Waals surface area contributed by atoms with Gasteiger partial charge in [0.15, 0.2) is 0 Å². The van der Waals surface area contributed by atoms with E-state index in [4.69, 9.17) is 0 Å². The van der Waals surface area contributed by atoms with Crippen LogP contribution in [0, 0.1) is 10.1 Å². The molecule has 0 aliphatic carbocycles. The van der Waals surface area contributed by atoms with Crippen molar-refractivity contribution in [2.75, 3.05) is 52.2 Å². The van der Waals surface area contributed by atoms with Crippen molar-refractivity contribution in [2.45, 2.75) is 0 Å². The number of nitrogens with zero attached hydrogens (tertiary/aromatic N) is 4. The van der Waals surface area contributed by atoms with E-state index in [1.165, 1.54) is 4.90 Å². The van der Waals surface area contributed by atoms with E-state index in [0.29, 0.717) is 5.69 Å². The van der Waals surface area contributed by atoms with Crippen LogP contribution in [0.4, 0.5) is 11.4 Å². The number of piperazine rings is 1. The summed E-state index contributed by atoms with van der Waals surface area (Å²) in [6.07, 6.45) is 1.70. The van der Waals surface area contributed by atoms with Crippen molar-refractivity contribution in [3.63, 3.8) is 0 Å². The molecule has 1 aromatic rings. The van der Waals surface area contributed by atoms with Crippen molar-refractivity contribution in [2.24, 2.45) is 5.10 Å². The Morgan fingerprint density at radius 2 is 2.05 bits per heavy atom. The molecule has 7 heteroatoms. The summed E-state index contributed by atoms with van der Waals surface area (Å²) in [6.45, 7) is 3.97. The summed E-state index contributed by atoms with van der Waals surface area (Å²) in [5, 5.41) is 17.6. The molecule has 21 heavy (non-hydrogen) atoms. The molecule has 0 atom stereocenters. The molecule has 1 fully saturated rings. The van der Waals surface area contributed by atoms with Gasteiger partial charge >= 0.3 is 0 Å². The van der Waals surface area contributed by atoms with Gasteiger partial charge in [0.2, 0.25) is 0 Å². The van der Waals surface area contributed by atoms with Crippen molar-refractivity contribution >= 4 is 17.6 Å². The maximum atomic E-state index is 11.1. The summed E-state index contributed by atoms with van der Waals surface area (Å²) >= 11 is 0. The Hall–Kier alpha value is -2.15. The SMILES string of the molecule is CN(C)c1ccc(/C=N\N2CC[NH+](C)CC2)cc1[N+](=O)[O-]. The van der Waals surface area contributed by atoms with Gasteiger partial charge in [0.1, 0.15) is 5.69 Å². The van der Waals surface area contributed by atoms with Crippen LogP contribution < -0.4 is 9.80 Å². The summed E-state index contributed by atoms with van der Waals surface area (Å²) in [5.74, 6) is 0. The summed E-state index contributed by atoms with van der Waals surface area (Å²) in [7, 11) is 5.76. The quantitative estimate of drug-likeness (QED) is 0.475. The third-order valence-electron chi connectivity index (χ3n) is 3.64. The van der Waals surface area contributed by atoms with Crippen molar-refractivity contribution in [1.29, 1.82) is 0 Å².